The molecule has 2 aromatic carbocycles. The van der Waals surface area contributed by atoms with Crippen molar-refractivity contribution < 1.29 is 24.4 Å². The fourth-order valence-corrected chi connectivity index (χ4v) is 4.71. The van der Waals surface area contributed by atoms with Crippen LogP contribution in [0.3, 0.4) is 0 Å². The Hall–Kier alpha value is -1.95. The second-order valence-corrected chi connectivity index (χ2v) is 8.96. The number of fused-ring (bicyclic) bond motifs is 1. The lowest BCUT2D eigenvalue weighted by atomic mass is 9.47. The molecule has 0 saturated carbocycles. The molecule has 0 radical (unpaired) electrons. The first-order valence-corrected chi connectivity index (χ1v) is 10.7. The van der Waals surface area contributed by atoms with Gasteiger partial charge in [-0.2, -0.15) is 0 Å². The Kier molecular flexibility index (Phi) is 5.88. The summed E-state index contributed by atoms with van der Waals surface area (Å²) in [4.78, 5) is 0. The summed E-state index contributed by atoms with van der Waals surface area (Å²) >= 11 is 0. The topological polar surface area (TPSA) is 68.2 Å². The maximum atomic E-state index is 10.3. The number of benzene rings is 2. The minimum Gasteiger partial charge on any atom is -0.496 e. The van der Waals surface area contributed by atoms with E-state index in [0.29, 0.717) is 18.6 Å². The van der Waals surface area contributed by atoms with Gasteiger partial charge in [-0.15, -0.1) is 0 Å². The van der Waals surface area contributed by atoms with Crippen LogP contribution in [-0.4, -0.2) is 58.9 Å². The number of aryl methyl sites for hydroxylation is 2. The Morgan fingerprint density at radius 3 is 2.37 bits per heavy atom. The first kappa shape index (κ1) is 21.3. The number of methoxy groups -OCH3 is 2. The number of aliphatic hydroxyl groups excluding tert-OH is 2. The van der Waals surface area contributed by atoms with Crippen LogP contribution in [0.5, 0.6) is 11.5 Å². The first-order valence-electron chi connectivity index (χ1n) is 10.7. The zero-order valence-electron chi connectivity index (χ0n) is 18.3. The molecule has 2 N–H and O–H groups in total. The van der Waals surface area contributed by atoms with Crippen LogP contribution in [0, 0.1) is 0 Å². The SMILES string of the molecule is BC(B)(c1ccc2c(c1)CC2)c1cc(C2CC(O)CC(CO)O2)c(OC)cc1OC. The Morgan fingerprint density at radius 1 is 1.03 bits per heavy atom. The van der Waals surface area contributed by atoms with Crippen LogP contribution < -0.4 is 9.47 Å². The molecule has 2 aliphatic rings. The summed E-state index contributed by atoms with van der Waals surface area (Å²) in [6.07, 6.45) is 1.97. The summed E-state index contributed by atoms with van der Waals surface area (Å²) < 4.78 is 17.5. The largest absolute Gasteiger partial charge is 0.496 e. The highest BCUT2D eigenvalue weighted by atomic mass is 16.5. The lowest BCUT2D eigenvalue weighted by molar-refractivity contribution is -0.114. The van der Waals surface area contributed by atoms with Crippen molar-refractivity contribution in [1.82, 2.24) is 0 Å². The van der Waals surface area contributed by atoms with E-state index in [9.17, 15) is 10.2 Å². The standard InChI is InChI=1S/C23H30B2O5/c1-28-20-11-22(29-2)19(10-18(20)21-9-16(27)8-17(12-26)30-21)23(24,25)15-6-5-13-3-4-14(13)7-15/h5-7,10-11,16-17,21,26-27H,3-4,8-9,12,24-25H2,1-2H3. The molecule has 1 fully saturated rings. The predicted octanol–water partition coefficient (Wildman–Crippen LogP) is 0.843. The first-order chi connectivity index (χ1) is 14.4. The average Bonchev–Trinajstić information content (AvgIpc) is 2.72. The zero-order valence-corrected chi connectivity index (χ0v) is 18.3. The molecule has 0 spiro atoms. The monoisotopic (exact) mass is 408 g/mol. The van der Waals surface area contributed by atoms with Crippen molar-refractivity contribution in [2.75, 3.05) is 20.8 Å². The van der Waals surface area contributed by atoms with Crippen molar-refractivity contribution in [2.24, 2.45) is 0 Å². The van der Waals surface area contributed by atoms with Gasteiger partial charge in [-0.1, -0.05) is 23.8 Å². The normalized spacial score (nSPS) is 23.4. The molecule has 1 saturated heterocycles. The molecule has 7 heteroatoms. The third-order valence-corrected chi connectivity index (χ3v) is 6.75. The summed E-state index contributed by atoms with van der Waals surface area (Å²) in [7, 11) is 7.71. The molecule has 30 heavy (non-hydrogen) atoms. The third-order valence-electron chi connectivity index (χ3n) is 6.75. The lowest BCUT2D eigenvalue weighted by Crippen LogP contribution is -2.34. The van der Waals surface area contributed by atoms with E-state index in [-0.39, 0.29) is 24.0 Å². The molecule has 1 aliphatic carbocycles. The summed E-state index contributed by atoms with van der Waals surface area (Å²) in [5, 5.41) is 19.6. The van der Waals surface area contributed by atoms with Crippen molar-refractivity contribution in [3.63, 3.8) is 0 Å². The maximum absolute atomic E-state index is 10.3. The van der Waals surface area contributed by atoms with Crippen LogP contribution in [0.1, 0.15) is 46.8 Å². The minimum absolute atomic E-state index is 0.112. The van der Waals surface area contributed by atoms with Gasteiger partial charge in [0.05, 0.1) is 39.1 Å². The molecule has 3 atom stereocenters. The van der Waals surface area contributed by atoms with E-state index in [0.717, 1.165) is 23.3 Å². The second-order valence-electron chi connectivity index (χ2n) is 8.96. The number of ether oxygens (including phenoxy) is 3. The number of aliphatic hydroxyl groups is 2. The van der Waals surface area contributed by atoms with Gasteiger partial charge in [0.25, 0.3) is 0 Å². The number of rotatable bonds is 6. The highest BCUT2D eigenvalue weighted by molar-refractivity contribution is 6.42. The molecule has 4 rings (SSSR count). The fourth-order valence-electron chi connectivity index (χ4n) is 4.71. The molecular weight excluding hydrogens is 378 g/mol. The van der Waals surface area contributed by atoms with Gasteiger partial charge in [0.15, 0.2) is 0 Å². The zero-order chi connectivity index (χ0) is 21.5. The van der Waals surface area contributed by atoms with Crippen LogP contribution in [0.15, 0.2) is 30.3 Å². The molecule has 1 aliphatic heterocycles. The van der Waals surface area contributed by atoms with Crippen molar-refractivity contribution in [1.29, 1.82) is 0 Å². The van der Waals surface area contributed by atoms with Crippen LogP contribution in [0.2, 0.25) is 0 Å². The highest BCUT2D eigenvalue weighted by Crippen LogP contribution is 2.43. The number of hydrogen-bond acceptors (Lipinski definition) is 5. The van der Waals surface area contributed by atoms with Gasteiger partial charge in [0.1, 0.15) is 27.2 Å². The van der Waals surface area contributed by atoms with Gasteiger partial charge >= 0.3 is 0 Å². The Labute approximate surface area is 180 Å². The van der Waals surface area contributed by atoms with Crippen LogP contribution in [0.4, 0.5) is 0 Å². The lowest BCUT2D eigenvalue weighted by Gasteiger charge is -2.35. The summed E-state index contributed by atoms with van der Waals surface area (Å²) in [5.74, 6) is 1.43. The summed E-state index contributed by atoms with van der Waals surface area (Å²) in [6, 6.07) is 10.8. The maximum Gasteiger partial charge on any atom is 0.128 e. The van der Waals surface area contributed by atoms with Gasteiger partial charge in [-0.05, 0) is 40.8 Å². The molecule has 5 nitrogen and oxygen atoms in total. The number of hydrogen-bond donors (Lipinski definition) is 2. The average molecular weight is 408 g/mol. The van der Waals surface area contributed by atoms with E-state index >= 15 is 0 Å². The third kappa shape index (κ3) is 3.75. The van der Waals surface area contributed by atoms with Crippen molar-refractivity contribution in [3.05, 3.63) is 58.1 Å². The van der Waals surface area contributed by atoms with E-state index in [1.165, 1.54) is 23.1 Å². The van der Waals surface area contributed by atoms with Gasteiger partial charge in [-0.25, -0.2) is 0 Å². The molecule has 2 aromatic rings. The van der Waals surface area contributed by atoms with Crippen molar-refractivity contribution >= 4 is 15.7 Å². The molecule has 158 valence electrons. The van der Waals surface area contributed by atoms with Crippen LogP contribution >= 0.6 is 0 Å². The smallest absolute Gasteiger partial charge is 0.128 e. The van der Waals surface area contributed by atoms with Gasteiger partial charge in [0, 0.05) is 24.5 Å². The molecule has 3 unspecified atom stereocenters. The molecule has 1 heterocycles. The van der Waals surface area contributed by atoms with Gasteiger partial charge in [0.2, 0.25) is 0 Å². The predicted molar refractivity (Wildman–Crippen MR) is 121 cm³/mol. The van der Waals surface area contributed by atoms with Crippen molar-refractivity contribution in [2.45, 2.75) is 49.2 Å². The molecular formula is C23H30B2O5. The van der Waals surface area contributed by atoms with Crippen molar-refractivity contribution in [3.8, 4) is 11.5 Å². The quantitative estimate of drug-likeness (QED) is 0.694. The van der Waals surface area contributed by atoms with Crippen LogP contribution in [-0.2, 0) is 22.8 Å². The minimum atomic E-state index is -0.517. The molecule has 0 aromatic heterocycles. The van der Waals surface area contributed by atoms with Gasteiger partial charge in [-0.3, -0.25) is 0 Å². The Bertz CT molecular complexity index is 930. The summed E-state index contributed by atoms with van der Waals surface area (Å²) in [5.41, 5.74) is 6.04. The van der Waals surface area contributed by atoms with Gasteiger partial charge < -0.3 is 24.4 Å². The Morgan fingerprint density at radius 2 is 1.77 bits per heavy atom. The second kappa shape index (κ2) is 8.29. The van der Waals surface area contributed by atoms with E-state index in [1.54, 1.807) is 14.2 Å². The highest BCUT2D eigenvalue weighted by Gasteiger charge is 2.34. The van der Waals surface area contributed by atoms with E-state index in [2.05, 4.69) is 40.0 Å². The summed E-state index contributed by atoms with van der Waals surface area (Å²) in [6.45, 7) is -0.112. The molecule has 0 amide bonds. The van der Waals surface area contributed by atoms with E-state index in [4.69, 9.17) is 14.2 Å². The van der Waals surface area contributed by atoms with Crippen LogP contribution in [0.25, 0.3) is 0 Å². The Balaban J connectivity index is 1.79. The fraction of sp³-hybridized carbons (Fsp3) is 0.478. The van der Waals surface area contributed by atoms with E-state index in [1.807, 2.05) is 6.07 Å². The van der Waals surface area contributed by atoms with E-state index < -0.39 is 6.10 Å². The molecule has 0 bridgehead atoms.